The van der Waals surface area contributed by atoms with Crippen LogP contribution in [0.1, 0.15) is 63.1 Å². The molecule has 1 aliphatic carbocycles. The van der Waals surface area contributed by atoms with E-state index in [1.165, 1.54) is 30.5 Å². The minimum atomic E-state index is 0.460. The summed E-state index contributed by atoms with van der Waals surface area (Å²) in [6, 6.07) is 0. The Morgan fingerprint density at radius 2 is 2.00 bits per heavy atom. The highest BCUT2D eigenvalue weighted by Gasteiger charge is 2.29. The molecule has 3 heteroatoms. The first-order valence-electron chi connectivity index (χ1n) is 5.95. The lowest BCUT2D eigenvalue weighted by Gasteiger charge is -2.31. The minimum Gasteiger partial charge on any atom is -0.382 e. The Labute approximate surface area is 91.4 Å². The van der Waals surface area contributed by atoms with Crippen molar-refractivity contribution in [1.82, 2.24) is 10.2 Å². The molecule has 3 nitrogen and oxygen atoms in total. The van der Waals surface area contributed by atoms with Crippen LogP contribution in [-0.4, -0.2) is 10.2 Å². The van der Waals surface area contributed by atoms with Crippen LogP contribution in [0, 0.1) is 5.92 Å². The molecule has 1 aromatic rings. The van der Waals surface area contributed by atoms with Gasteiger partial charge in [-0.15, -0.1) is 0 Å². The monoisotopic (exact) mass is 207 g/mol. The molecule has 1 heterocycles. The number of H-pyrrole nitrogens is 1. The second-order valence-corrected chi connectivity index (χ2v) is 5.07. The number of nitrogens with one attached hydrogen (secondary N) is 1. The van der Waals surface area contributed by atoms with Crippen LogP contribution in [0.4, 0.5) is 5.82 Å². The van der Waals surface area contributed by atoms with Gasteiger partial charge in [0.25, 0.3) is 0 Å². The Morgan fingerprint density at radius 3 is 2.47 bits per heavy atom. The van der Waals surface area contributed by atoms with Crippen LogP contribution in [0.25, 0.3) is 0 Å². The molecule has 1 atom stereocenters. The van der Waals surface area contributed by atoms with Crippen molar-refractivity contribution in [3.63, 3.8) is 0 Å². The summed E-state index contributed by atoms with van der Waals surface area (Å²) in [6.07, 6.45) is 4.10. The molecule has 0 saturated heterocycles. The lowest BCUT2D eigenvalue weighted by atomic mass is 9.74. The fraction of sp³-hybridized carbons (Fsp3) is 0.750. The molecule has 1 fully saturated rings. The molecule has 0 radical (unpaired) electrons. The lowest BCUT2D eigenvalue weighted by molar-refractivity contribution is 0.268. The van der Waals surface area contributed by atoms with Gasteiger partial charge in [-0.05, 0) is 24.7 Å². The fourth-order valence-electron chi connectivity index (χ4n) is 2.51. The number of nitrogens with zero attached hydrogens (tertiary/aromatic N) is 1. The third-order valence-electron chi connectivity index (χ3n) is 3.75. The SMILES string of the molecule is CC(C)c1c(N)n[nH]c1C(C)C1CCC1. The molecule has 0 aliphatic heterocycles. The van der Waals surface area contributed by atoms with Crippen LogP contribution >= 0.6 is 0 Å². The second kappa shape index (κ2) is 3.87. The number of hydrogen-bond acceptors (Lipinski definition) is 2. The minimum absolute atomic E-state index is 0.460. The van der Waals surface area contributed by atoms with Crippen LogP contribution in [0.3, 0.4) is 0 Å². The summed E-state index contributed by atoms with van der Waals surface area (Å²) in [7, 11) is 0. The number of nitrogen functional groups attached to an aromatic ring is 1. The summed E-state index contributed by atoms with van der Waals surface area (Å²) in [6.45, 7) is 6.65. The smallest absolute Gasteiger partial charge is 0.148 e. The van der Waals surface area contributed by atoms with Gasteiger partial charge in [-0.1, -0.05) is 27.2 Å². The molecule has 0 spiro atoms. The van der Waals surface area contributed by atoms with Crippen molar-refractivity contribution in [3.8, 4) is 0 Å². The van der Waals surface area contributed by atoms with E-state index in [-0.39, 0.29) is 0 Å². The number of rotatable bonds is 3. The van der Waals surface area contributed by atoms with Crippen LogP contribution in [-0.2, 0) is 0 Å². The summed E-state index contributed by atoms with van der Waals surface area (Å²) in [5.41, 5.74) is 8.40. The van der Waals surface area contributed by atoms with Gasteiger partial charge in [0.1, 0.15) is 5.82 Å². The zero-order chi connectivity index (χ0) is 11.0. The summed E-state index contributed by atoms with van der Waals surface area (Å²) in [4.78, 5) is 0. The molecule has 1 aromatic heterocycles. The Morgan fingerprint density at radius 1 is 1.33 bits per heavy atom. The summed E-state index contributed by atoms with van der Waals surface area (Å²) >= 11 is 0. The Bertz CT molecular complexity index is 337. The number of aromatic amines is 1. The highest BCUT2D eigenvalue weighted by Crippen LogP contribution is 2.41. The Kier molecular flexibility index (Phi) is 2.72. The quantitative estimate of drug-likeness (QED) is 0.800. The zero-order valence-electron chi connectivity index (χ0n) is 9.88. The third-order valence-corrected chi connectivity index (χ3v) is 3.75. The van der Waals surface area contributed by atoms with Crippen molar-refractivity contribution in [2.45, 2.75) is 51.9 Å². The maximum atomic E-state index is 5.90. The van der Waals surface area contributed by atoms with Crippen molar-refractivity contribution in [1.29, 1.82) is 0 Å². The molecule has 84 valence electrons. The van der Waals surface area contributed by atoms with Gasteiger partial charge in [-0.2, -0.15) is 5.10 Å². The first-order valence-corrected chi connectivity index (χ1v) is 5.95. The number of aromatic nitrogens is 2. The second-order valence-electron chi connectivity index (χ2n) is 5.07. The van der Waals surface area contributed by atoms with Crippen LogP contribution in [0.5, 0.6) is 0 Å². The highest BCUT2D eigenvalue weighted by atomic mass is 15.2. The van der Waals surface area contributed by atoms with Gasteiger partial charge < -0.3 is 5.73 Å². The van der Waals surface area contributed by atoms with Crippen LogP contribution in [0.15, 0.2) is 0 Å². The summed E-state index contributed by atoms with van der Waals surface area (Å²) < 4.78 is 0. The van der Waals surface area contributed by atoms with Crippen molar-refractivity contribution < 1.29 is 0 Å². The van der Waals surface area contributed by atoms with E-state index in [0.29, 0.717) is 17.7 Å². The van der Waals surface area contributed by atoms with Crippen molar-refractivity contribution >= 4 is 5.82 Å². The number of hydrogen-bond donors (Lipinski definition) is 2. The van der Waals surface area contributed by atoms with E-state index in [1.807, 2.05) is 0 Å². The average Bonchev–Trinajstić information content (AvgIpc) is 2.43. The molecular weight excluding hydrogens is 186 g/mol. The van der Waals surface area contributed by atoms with E-state index in [1.54, 1.807) is 0 Å². The summed E-state index contributed by atoms with van der Waals surface area (Å²) in [5.74, 6) is 2.57. The van der Waals surface area contributed by atoms with Gasteiger partial charge in [-0.25, -0.2) is 0 Å². The van der Waals surface area contributed by atoms with E-state index in [4.69, 9.17) is 5.73 Å². The molecule has 0 bridgehead atoms. The van der Waals surface area contributed by atoms with Crippen LogP contribution in [0.2, 0.25) is 0 Å². The van der Waals surface area contributed by atoms with Crippen molar-refractivity contribution in [3.05, 3.63) is 11.3 Å². The van der Waals surface area contributed by atoms with Gasteiger partial charge in [0.15, 0.2) is 0 Å². The molecule has 0 aromatic carbocycles. The molecule has 1 saturated carbocycles. The van der Waals surface area contributed by atoms with Gasteiger partial charge in [0.2, 0.25) is 0 Å². The molecule has 1 aliphatic rings. The average molecular weight is 207 g/mol. The van der Waals surface area contributed by atoms with Crippen molar-refractivity contribution in [2.24, 2.45) is 5.92 Å². The molecule has 3 N–H and O–H groups in total. The molecule has 0 amide bonds. The normalized spacial score (nSPS) is 19.2. The molecular formula is C12H21N3. The van der Waals surface area contributed by atoms with E-state index < -0.39 is 0 Å². The predicted molar refractivity (Wildman–Crippen MR) is 62.8 cm³/mol. The van der Waals surface area contributed by atoms with Gasteiger partial charge in [-0.3, -0.25) is 5.10 Å². The standard InChI is InChI=1S/C12H21N3/c1-7(2)10-11(14-15-12(10)13)8(3)9-5-4-6-9/h7-9H,4-6H2,1-3H3,(H3,13,14,15). The summed E-state index contributed by atoms with van der Waals surface area (Å²) in [5, 5.41) is 7.28. The first-order chi connectivity index (χ1) is 7.11. The topological polar surface area (TPSA) is 54.7 Å². The maximum absolute atomic E-state index is 5.90. The van der Waals surface area contributed by atoms with Crippen LogP contribution < -0.4 is 5.73 Å². The van der Waals surface area contributed by atoms with Gasteiger partial charge in [0.05, 0.1) is 0 Å². The molecule has 15 heavy (non-hydrogen) atoms. The largest absolute Gasteiger partial charge is 0.382 e. The zero-order valence-corrected chi connectivity index (χ0v) is 9.88. The fourth-order valence-corrected chi connectivity index (χ4v) is 2.51. The van der Waals surface area contributed by atoms with E-state index in [0.717, 1.165) is 5.92 Å². The lowest BCUT2D eigenvalue weighted by Crippen LogP contribution is -2.19. The van der Waals surface area contributed by atoms with E-state index in [2.05, 4.69) is 31.0 Å². The predicted octanol–water partition coefficient (Wildman–Crippen LogP) is 3.02. The molecule has 2 rings (SSSR count). The maximum Gasteiger partial charge on any atom is 0.148 e. The van der Waals surface area contributed by atoms with Gasteiger partial charge in [0, 0.05) is 17.2 Å². The van der Waals surface area contributed by atoms with Crippen molar-refractivity contribution in [2.75, 3.05) is 5.73 Å². The highest BCUT2D eigenvalue weighted by molar-refractivity contribution is 5.45. The van der Waals surface area contributed by atoms with Gasteiger partial charge >= 0.3 is 0 Å². The van der Waals surface area contributed by atoms with E-state index in [9.17, 15) is 0 Å². The third kappa shape index (κ3) is 1.75. The van der Waals surface area contributed by atoms with E-state index >= 15 is 0 Å². The first kappa shape index (κ1) is 10.5. The Hall–Kier alpha value is -0.990. The number of anilines is 1. The number of nitrogens with two attached hydrogens (primary N) is 1. The Balaban J connectivity index is 2.26. The molecule has 1 unspecified atom stereocenters.